The molecule has 4 aliphatic rings. The number of hydrogen-bond acceptors (Lipinski definition) is 4. The summed E-state index contributed by atoms with van der Waals surface area (Å²) in [6, 6.07) is 9.96. The lowest BCUT2D eigenvalue weighted by Gasteiger charge is -2.62. The normalized spacial score (nSPS) is 35.0. The van der Waals surface area contributed by atoms with Crippen LogP contribution in [0.3, 0.4) is 0 Å². The summed E-state index contributed by atoms with van der Waals surface area (Å²) in [5, 5.41) is 28.4. The minimum absolute atomic E-state index is 0.0345. The van der Waals surface area contributed by atoms with Gasteiger partial charge in [0, 0.05) is 7.11 Å². The van der Waals surface area contributed by atoms with Crippen LogP contribution in [0, 0.1) is 51.2 Å². The van der Waals surface area contributed by atoms with E-state index in [0.717, 1.165) is 31.4 Å². The summed E-state index contributed by atoms with van der Waals surface area (Å²) < 4.78 is 5.59. The Balaban J connectivity index is 1.86. The smallest absolute Gasteiger partial charge is 0.101 e. The average Bonchev–Trinajstić information content (AvgIpc) is 2.59. The van der Waals surface area contributed by atoms with E-state index >= 15 is 0 Å². The summed E-state index contributed by atoms with van der Waals surface area (Å²) in [5.74, 6) is 1.37. The molecule has 0 aromatic heterocycles. The lowest BCUT2D eigenvalue weighted by atomic mass is 9.43. The molecular weight excluding hydrogens is 310 g/mol. The maximum Gasteiger partial charge on any atom is 0.101 e. The van der Waals surface area contributed by atoms with Crippen molar-refractivity contribution < 1.29 is 4.74 Å². The average molecular weight is 331 g/mol. The molecule has 4 bridgehead atoms. The molecule has 0 heterocycles. The molecule has 0 spiro atoms. The van der Waals surface area contributed by atoms with E-state index in [1.54, 1.807) is 13.2 Å². The van der Waals surface area contributed by atoms with Crippen LogP contribution in [0.4, 0.5) is 0 Å². The minimum atomic E-state index is -0.0345. The van der Waals surface area contributed by atoms with E-state index in [0.29, 0.717) is 28.5 Å². The van der Waals surface area contributed by atoms with Crippen molar-refractivity contribution in [1.82, 2.24) is 0 Å². The molecule has 25 heavy (non-hydrogen) atoms. The molecule has 126 valence electrons. The SMILES string of the molecule is COCC12C[C@H]3C[C@@H](C1)CC(c1cc(C#N)c(C#N)cc1C#N)(C3)C2. The molecule has 0 radical (unpaired) electrons. The van der Waals surface area contributed by atoms with Gasteiger partial charge in [-0.05, 0) is 78.9 Å². The molecule has 2 unspecified atom stereocenters. The molecule has 4 aliphatic carbocycles. The number of benzene rings is 1. The van der Waals surface area contributed by atoms with Crippen LogP contribution in [-0.2, 0) is 10.2 Å². The Morgan fingerprint density at radius 1 is 0.960 bits per heavy atom. The Kier molecular flexibility index (Phi) is 3.61. The van der Waals surface area contributed by atoms with Crippen LogP contribution in [-0.4, -0.2) is 13.7 Å². The number of rotatable bonds is 3. The summed E-state index contributed by atoms with van der Waals surface area (Å²) >= 11 is 0. The van der Waals surface area contributed by atoms with Gasteiger partial charge in [-0.2, -0.15) is 15.8 Å². The Hall–Kier alpha value is -2.35. The van der Waals surface area contributed by atoms with Crippen molar-refractivity contribution in [2.24, 2.45) is 17.3 Å². The maximum absolute atomic E-state index is 9.70. The van der Waals surface area contributed by atoms with Gasteiger partial charge >= 0.3 is 0 Å². The Bertz CT molecular complexity index is 838. The highest BCUT2D eigenvalue weighted by molar-refractivity contribution is 5.56. The Labute approximate surface area is 148 Å². The van der Waals surface area contributed by atoms with E-state index in [2.05, 4.69) is 18.2 Å². The first-order valence-corrected chi connectivity index (χ1v) is 8.95. The molecule has 5 rings (SSSR count). The Morgan fingerprint density at radius 3 is 2.12 bits per heavy atom. The van der Waals surface area contributed by atoms with Crippen LogP contribution in [0.25, 0.3) is 0 Å². The first kappa shape index (κ1) is 16.1. The standard InChI is InChI=1S/C21H21N3O/c1-25-13-20-5-14-2-15(6-20)8-21(7-14,12-20)19-4-17(10-23)16(9-22)3-18(19)11-24/h3-4,14-15H,2,5-8,12-13H2,1H3/t14-,15+,20?,21?. The number of nitrogens with zero attached hydrogens (tertiary/aromatic N) is 3. The molecule has 4 heteroatoms. The fourth-order valence-electron chi connectivity index (χ4n) is 6.56. The predicted molar refractivity (Wildman–Crippen MR) is 91.3 cm³/mol. The number of methoxy groups -OCH3 is 1. The van der Waals surface area contributed by atoms with Crippen molar-refractivity contribution >= 4 is 0 Å². The van der Waals surface area contributed by atoms with Crippen LogP contribution in [0.15, 0.2) is 12.1 Å². The van der Waals surface area contributed by atoms with Crippen LogP contribution in [0.2, 0.25) is 0 Å². The molecule has 4 saturated carbocycles. The molecule has 0 aliphatic heterocycles. The molecular formula is C21H21N3O. The maximum atomic E-state index is 9.70. The van der Waals surface area contributed by atoms with E-state index in [9.17, 15) is 15.8 Å². The van der Waals surface area contributed by atoms with Crippen LogP contribution >= 0.6 is 0 Å². The number of ether oxygens (including phenoxy) is 1. The van der Waals surface area contributed by atoms with Crippen molar-refractivity contribution in [3.63, 3.8) is 0 Å². The van der Waals surface area contributed by atoms with Crippen molar-refractivity contribution in [3.8, 4) is 18.2 Å². The molecule has 1 aromatic carbocycles. The lowest BCUT2D eigenvalue weighted by Crippen LogP contribution is -2.55. The molecule has 0 N–H and O–H groups in total. The van der Waals surface area contributed by atoms with Gasteiger partial charge in [0.05, 0.1) is 29.4 Å². The van der Waals surface area contributed by atoms with E-state index in [1.807, 2.05) is 6.07 Å². The van der Waals surface area contributed by atoms with Gasteiger partial charge in [-0.15, -0.1) is 0 Å². The zero-order valence-corrected chi connectivity index (χ0v) is 14.5. The fourth-order valence-corrected chi connectivity index (χ4v) is 6.56. The first-order valence-electron chi connectivity index (χ1n) is 8.95. The van der Waals surface area contributed by atoms with E-state index in [1.165, 1.54) is 19.3 Å². The minimum Gasteiger partial charge on any atom is -0.384 e. The topological polar surface area (TPSA) is 80.6 Å². The summed E-state index contributed by atoms with van der Waals surface area (Å²) in [4.78, 5) is 0. The van der Waals surface area contributed by atoms with E-state index in [4.69, 9.17) is 4.74 Å². The van der Waals surface area contributed by atoms with Gasteiger partial charge in [0.15, 0.2) is 0 Å². The van der Waals surface area contributed by atoms with Gasteiger partial charge < -0.3 is 4.74 Å². The first-order chi connectivity index (χ1) is 12.1. The zero-order chi connectivity index (χ0) is 17.7. The van der Waals surface area contributed by atoms with Crippen LogP contribution < -0.4 is 0 Å². The Morgan fingerprint density at radius 2 is 1.56 bits per heavy atom. The largest absolute Gasteiger partial charge is 0.384 e. The quantitative estimate of drug-likeness (QED) is 0.844. The predicted octanol–water partition coefficient (Wildman–Crippen LogP) is 3.79. The van der Waals surface area contributed by atoms with Gasteiger partial charge in [0.25, 0.3) is 0 Å². The van der Waals surface area contributed by atoms with Gasteiger partial charge in [-0.25, -0.2) is 0 Å². The van der Waals surface area contributed by atoms with Crippen LogP contribution in [0.1, 0.15) is 60.8 Å². The van der Waals surface area contributed by atoms with Crippen molar-refractivity contribution in [2.45, 2.75) is 43.9 Å². The van der Waals surface area contributed by atoms with E-state index < -0.39 is 0 Å². The van der Waals surface area contributed by atoms with Crippen LogP contribution in [0.5, 0.6) is 0 Å². The fraction of sp³-hybridized carbons (Fsp3) is 0.571. The molecule has 4 fully saturated rings. The van der Waals surface area contributed by atoms with Gasteiger partial charge in [0.2, 0.25) is 0 Å². The molecule has 0 saturated heterocycles. The molecule has 4 atom stereocenters. The molecule has 4 nitrogen and oxygen atoms in total. The van der Waals surface area contributed by atoms with Gasteiger partial charge in [-0.3, -0.25) is 0 Å². The third kappa shape index (κ3) is 2.35. The summed E-state index contributed by atoms with van der Waals surface area (Å²) in [5.41, 5.74) is 2.46. The number of hydrogen-bond donors (Lipinski definition) is 0. The van der Waals surface area contributed by atoms with Crippen molar-refractivity contribution in [2.75, 3.05) is 13.7 Å². The van der Waals surface area contributed by atoms with Gasteiger partial charge in [0.1, 0.15) is 12.1 Å². The molecule has 0 amide bonds. The van der Waals surface area contributed by atoms with Crippen molar-refractivity contribution in [3.05, 3.63) is 34.4 Å². The second kappa shape index (κ2) is 5.59. The number of nitriles is 3. The highest BCUT2D eigenvalue weighted by Crippen LogP contribution is 2.66. The third-order valence-electron chi connectivity index (χ3n) is 6.72. The monoisotopic (exact) mass is 331 g/mol. The summed E-state index contributed by atoms with van der Waals surface area (Å²) in [6.45, 7) is 0.783. The molecule has 1 aromatic rings. The highest BCUT2D eigenvalue weighted by atomic mass is 16.5. The van der Waals surface area contributed by atoms with E-state index in [-0.39, 0.29) is 10.8 Å². The highest BCUT2D eigenvalue weighted by Gasteiger charge is 2.58. The third-order valence-corrected chi connectivity index (χ3v) is 6.72. The zero-order valence-electron chi connectivity index (χ0n) is 14.5. The summed E-state index contributed by atoms with van der Waals surface area (Å²) in [7, 11) is 1.78. The van der Waals surface area contributed by atoms with Crippen molar-refractivity contribution in [1.29, 1.82) is 15.8 Å². The second-order valence-corrected chi connectivity index (χ2v) is 8.45. The second-order valence-electron chi connectivity index (χ2n) is 8.45. The summed E-state index contributed by atoms with van der Waals surface area (Å²) in [6.07, 6.45) is 6.97. The van der Waals surface area contributed by atoms with Gasteiger partial charge in [-0.1, -0.05) is 0 Å². The lowest BCUT2D eigenvalue weighted by molar-refractivity contribution is -0.103.